The summed E-state index contributed by atoms with van der Waals surface area (Å²) >= 11 is 5.69. The van der Waals surface area contributed by atoms with Crippen LogP contribution in [0.25, 0.3) is 0 Å². The normalized spacial score (nSPS) is 21.7. The molecule has 0 amide bonds. The van der Waals surface area contributed by atoms with Gasteiger partial charge in [0, 0.05) is 11.9 Å². The van der Waals surface area contributed by atoms with Crippen LogP contribution in [0.1, 0.15) is 45.4 Å². The molecular weight excluding hydrogens is 182 g/mol. The van der Waals surface area contributed by atoms with Crippen LogP contribution in [0.4, 0.5) is 0 Å². The third kappa shape index (κ3) is 4.87. The minimum absolute atomic E-state index is 0.736. The third-order valence-electron chi connectivity index (χ3n) is 2.96. The zero-order chi connectivity index (χ0) is 9.52. The lowest BCUT2D eigenvalue weighted by Gasteiger charge is -2.24. The summed E-state index contributed by atoms with van der Waals surface area (Å²) in [5, 5.41) is 3.65. The van der Waals surface area contributed by atoms with Gasteiger partial charge in [0.05, 0.1) is 0 Å². The van der Waals surface area contributed by atoms with Gasteiger partial charge >= 0.3 is 0 Å². The van der Waals surface area contributed by atoms with Gasteiger partial charge in [-0.15, -0.1) is 11.6 Å². The van der Waals surface area contributed by atoms with E-state index in [0.717, 1.165) is 30.8 Å². The smallest absolute Gasteiger partial charge is 0.0226 e. The summed E-state index contributed by atoms with van der Waals surface area (Å²) in [4.78, 5) is 0. The van der Waals surface area contributed by atoms with Gasteiger partial charge in [0.15, 0.2) is 0 Å². The summed E-state index contributed by atoms with van der Waals surface area (Å²) in [6, 6.07) is 0.798. The Bertz CT molecular complexity index is 121. The minimum Gasteiger partial charge on any atom is -0.314 e. The van der Waals surface area contributed by atoms with E-state index in [-0.39, 0.29) is 0 Å². The molecule has 1 saturated carbocycles. The highest BCUT2D eigenvalue weighted by Crippen LogP contribution is 2.17. The van der Waals surface area contributed by atoms with Crippen molar-refractivity contribution in [2.75, 3.05) is 12.4 Å². The first-order valence-corrected chi connectivity index (χ1v) is 6.15. The van der Waals surface area contributed by atoms with E-state index < -0.39 is 0 Å². The van der Waals surface area contributed by atoms with E-state index >= 15 is 0 Å². The van der Waals surface area contributed by atoms with Gasteiger partial charge in [-0.3, -0.25) is 0 Å². The second-order valence-electron chi connectivity index (χ2n) is 4.33. The van der Waals surface area contributed by atoms with Crippen LogP contribution >= 0.6 is 11.6 Å². The number of nitrogens with one attached hydrogen (secondary N) is 1. The monoisotopic (exact) mass is 203 g/mol. The molecule has 1 aliphatic carbocycles. The molecule has 1 nitrogen and oxygen atoms in total. The molecule has 0 radical (unpaired) electrons. The van der Waals surface area contributed by atoms with Crippen molar-refractivity contribution in [2.45, 2.75) is 51.5 Å². The van der Waals surface area contributed by atoms with Crippen LogP contribution in [0.3, 0.4) is 0 Å². The van der Waals surface area contributed by atoms with Crippen LogP contribution in [0.5, 0.6) is 0 Å². The number of rotatable bonds is 5. The molecule has 78 valence electrons. The van der Waals surface area contributed by atoms with E-state index in [2.05, 4.69) is 12.2 Å². The zero-order valence-electron chi connectivity index (χ0n) is 8.69. The van der Waals surface area contributed by atoms with Gasteiger partial charge in [-0.1, -0.05) is 26.2 Å². The number of hydrogen-bond acceptors (Lipinski definition) is 1. The van der Waals surface area contributed by atoms with Gasteiger partial charge in [0.2, 0.25) is 0 Å². The van der Waals surface area contributed by atoms with Gasteiger partial charge in [-0.2, -0.15) is 0 Å². The molecule has 1 aliphatic rings. The van der Waals surface area contributed by atoms with Crippen LogP contribution < -0.4 is 5.32 Å². The topological polar surface area (TPSA) is 12.0 Å². The second kappa shape index (κ2) is 6.67. The summed E-state index contributed by atoms with van der Waals surface area (Å²) in [6.07, 6.45) is 8.18. The maximum absolute atomic E-state index is 5.69. The lowest BCUT2D eigenvalue weighted by Crippen LogP contribution is -2.34. The predicted molar refractivity (Wildman–Crippen MR) is 59.4 cm³/mol. The molecule has 13 heavy (non-hydrogen) atoms. The van der Waals surface area contributed by atoms with E-state index in [0.29, 0.717) is 0 Å². The fourth-order valence-electron chi connectivity index (χ4n) is 1.96. The summed E-state index contributed by atoms with van der Waals surface area (Å²) in [7, 11) is 0. The van der Waals surface area contributed by atoms with Crippen LogP contribution in [0.2, 0.25) is 0 Å². The molecule has 0 aromatic carbocycles. The quantitative estimate of drug-likeness (QED) is 0.677. The van der Waals surface area contributed by atoms with Gasteiger partial charge < -0.3 is 5.32 Å². The SMILES string of the molecule is CC(CCCl)CNC1CCCCC1. The predicted octanol–water partition coefficient (Wildman–Crippen LogP) is 3.17. The molecule has 1 fully saturated rings. The lowest BCUT2D eigenvalue weighted by molar-refractivity contribution is 0.350. The molecule has 2 heteroatoms. The Morgan fingerprint density at radius 1 is 1.31 bits per heavy atom. The van der Waals surface area contributed by atoms with Crippen molar-refractivity contribution in [1.29, 1.82) is 0 Å². The van der Waals surface area contributed by atoms with Gasteiger partial charge in [0.1, 0.15) is 0 Å². The molecule has 0 aromatic rings. The fraction of sp³-hybridized carbons (Fsp3) is 1.00. The molecule has 0 bridgehead atoms. The third-order valence-corrected chi connectivity index (χ3v) is 3.18. The van der Waals surface area contributed by atoms with Crippen molar-refractivity contribution in [3.8, 4) is 0 Å². The Labute approximate surface area is 87.2 Å². The van der Waals surface area contributed by atoms with Crippen molar-refractivity contribution in [1.82, 2.24) is 5.32 Å². The van der Waals surface area contributed by atoms with Crippen LogP contribution in [-0.4, -0.2) is 18.5 Å². The van der Waals surface area contributed by atoms with Crippen LogP contribution in [-0.2, 0) is 0 Å². The largest absolute Gasteiger partial charge is 0.314 e. The Kier molecular flexibility index (Phi) is 5.81. The van der Waals surface area contributed by atoms with Crippen molar-refractivity contribution in [2.24, 2.45) is 5.92 Å². The molecule has 1 atom stereocenters. The van der Waals surface area contributed by atoms with E-state index in [1.807, 2.05) is 0 Å². The Balaban J connectivity index is 2.03. The molecule has 0 aliphatic heterocycles. The molecule has 0 aromatic heterocycles. The molecule has 0 heterocycles. The Morgan fingerprint density at radius 2 is 2.00 bits per heavy atom. The van der Waals surface area contributed by atoms with Crippen molar-refractivity contribution in [3.63, 3.8) is 0 Å². The Morgan fingerprint density at radius 3 is 2.62 bits per heavy atom. The molecule has 0 saturated heterocycles. The van der Waals surface area contributed by atoms with E-state index in [9.17, 15) is 0 Å². The number of alkyl halides is 1. The second-order valence-corrected chi connectivity index (χ2v) is 4.70. The molecule has 0 spiro atoms. The van der Waals surface area contributed by atoms with Gasteiger partial charge in [0.25, 0.3) is 0 Å². The van der Waals surface area contributed by atoms with E-state index in [1.165, 1.54) is 32.1 Å². The maximum Gasteiger partial charge on any atom is 0.0226 e. The average Bonchev–Trinajstić information content (AvgIpc) is 2.17. The molecular formula is C11H22ClN. The van der Waals surface area contributed by atoms with Crippen molar-refractivity contribution in [3.05, 3.63) is 0 Å². The summed E-state index contributed by atoms with van der Waals surface area (Å²) in [5.41, 5.74) is 0. The van der Waals surface area contributed by atoms with E-state index in [4.69, 9.17) is 11.6 Å². The van der Waals surface area contributed by atoms with Crippen LogP contribution in [0, 0.1) is 5.92 Å². The molecule has 1 rings (SSSR count). The van der Waals surface area contributed by atoms with Crippen LogP contribution in [0.15, 0.2) is 0 Å². The zero-order valence-corrected chi connectivity index (χ0v) is 9.45. The highest BCUT2D eigenvalue weighted by Gasteiger charge is 2.13. The summed E-state index contributed by atoms with van der Waals surface area (Å²) in [5.74, 6) is 1.53. The minimum atomic E-state index is 0.736. The molecule has 1 N–H and O–H groups in total. The maximum atomic E-state index is 5.69. The fourth-order valence-corrected chi connectivity index (χ4v) is 2.34. The first-order valence-electron chi connectivity index (χ1n) is 5.62. The number of halogens is 1. The van der Waals surface area contributed by atoms with Gasteiger partial charge in [-0.25, -0.2) is 0 Å². The van der Waals surface area contributed by atoms with Crippen molar-refractivity contribution >= 4 is 11.6 Å². The summed E-state index contributed by atoms with van der Waals surface area (Å²) < 4.78 is 0. The highest BCUT2D eigenvalue weighted by molar-refractivity contribution is 6.17. The van der Waals surface area contributed by atoms with Gasteiger partial charge in [-0.05, 0) is 31.7 Å². The average molecular weight is 204 g/mol. The standard InChI is InChI=1S/C11H22ClN/c1-10(7-8-12)9-13-11-5-3-2-4-6-11/h10-11,13H,2-9H2,1H3. The Hall–Kier alpha value is 0.250. The number of hydrogen-bond donors (Lipinski definition) is 1. The lowest BCUT2D eigenvalue weighted by atomic mass is 9.95. The van der Waals surface area contributed by atoms with E-state index in [1.54, 1.807) is 0 Å². The highest BCUT2D eigenvalue weighted by atomic mass is 35.5. The van der Waals surface area contributed by atoms with Crippen molar-refractivity contribution < 1.29 is 0 Å². The summed E-state index contributed by atoms with van der Waals surface area (Å²) in [6.45, 7) is 3.43. The first-order chi connectivity index (χ1) is 6.33. The first kappa shape index (κ1) is 11.3. The molecule has 1 unspecified atom stereocenters.